The summed E-state index contributed by atoms with van der Waals surface area (Å²) in [5, 5.41) is 2.67. The molecule has 0 atom stereocenters. The molecule has 168 valence electrons. The van der Waals surface area contributed by atoms with Gasteiger partial charge in [-0.15, -0.1) is 0 Å². The molecule has 0 saturated carbocycles. The van der Waals surface area contributed by atoms with Gasteiger partial charge in [0.25, 0.3) is 15.9 Å². The molecule has 0 aliphatic carbocycles. The van der Waals surface area contributed by atoms with Gasteiger partial charge in [0.15, 0.2) is 0 Å². The zero-order chi connectivity index (χ0) is 23.4. The molecule has 3 rings (SSSR count). The molecule has 1 amide bonds. The number of benzene rings is 2. The number of nitrogens with one attached hydrogen (secondary N) is 2. The third-order valence-electron chi connectivity index (χ3n) is 4.49. The van der Waals surface area contributed by atoms with Gasteiger partial charge < -0.3 is 5.32 Å². The SMILES string of the molecule is CCS(=O)(=O)N(C)c1ccc(C(=O)Nc2ccc(S(=O)(=O)Nc3ncccn3)cc2)cc1. The fourth-order valence-electron chi connectivity index (χ4n) is 2.63. The molecule has 12 heteroatoms. The van der Waals surface area contributed by atoms with E-state index in [1.165, 1.54) is 68.0 Å². The lowest BCUT2D eigenvalue weighted by atomic mass is 10.2. The first kappa shape index (κ1) is 23.2. The number of amides is 1. The Balaban J connectivity index is 1.68. The molecule has 2 N–H and O–H groups in total. The number of carbonyl (C=O) groups is 1. The van der Waals surface area contributed by atoms with Crippen molar-refractivity contribution in [1.29, 1.82) is 0 Å². The van der Waals surface area contributed by atoms with Crippen LogP contribution in [0, 0.1) is 0 Å². The van der Waals surface area contributed by atoms with Crippen molar-refractivity contribution in [3.05, 3.63) is 72.6 Å². The van der Waals surface area contributed by atoms with Crippen LogP contribution in [0.1, 0.15) is 17.3 Å². The summed E-state index contributed by atoms with van der Waals surface area (Å²) in [5.74, 6) is -0.514. The Bertz CT molecular complexity index is 1290. The average molecular weight is 476 g/mol. The number of anilines is 3. The monoisotopic (exact) mass is 475 g/mol. The molecular weight excluding hydrogens is 454 g/mol. The molecule has 3 aromatic rings. The van der Waals surface area contributed by atoms with Crippen LogP contribution in [-0.2, 0) is 20.0 Å². The predicted molar refractivity (Wildman–Crippen MR) is 122 cm³/mol. The Morgan fingerprint density at radius 3 is 2.09 bits per heavy atom. The number of hydrogen-bond acceptors (Lipinski definition) is 7. The quantitative estimate of drug-likeness (QED) is 0.510. The Labute approximate surface area is 186 Å². The van der Waals surface area contributed by atoms with Gasteiger partial charge in [0.1, 0.15) is 0 Å². The van der Waals surface area contributed by atoms with Crippen molar-refractivity contribution in [3.8, 4) is 0 Å². The molecule has 0 saturated heterocycles. The van der Waals surface area contributed by atoms with Gasteiger partial charge in [-0.05, 0) is 61.5 Å². The zero-order valence-electron chi connectivity index (χ0n) is 17.3. The van der Waals surface area contributed by atoms with E-state index in [1.807, 2.05) is 0 Å². The molecule has 1 aromatic heterocycles. The van der Waals surface area contributed by atoms with Crippen LogP contribution >= 0.6 is 0 Å². The number of carbonyl (C=O) groups excluding carboxylic acids is 1. The highest BCUT2D eigenvalue weighted by atomic mass is 32.2. The molecule has 0 radical (unpaired) electrons. The predicted octanol–water partition coefficient (Wildman–Crippen LogP) is 2.32. The smallest absolute Gasteiger partial charge is 0.264 e. The summed E-state index contributed by atoms with van der Waals surface area (Å²) in [6.07, 6.45) is 2.83. The number of sulfonamides is 2. The maximum atomic E-state index is 12.5. The highest BCUT2D eigenvalue weighted by molar-refractivity contribution is 7.93. The van der Waals surface area contributed by atoms with Gasteiger partial charge in [0, 0.05) is 30.7 Å². The number of rotatable bonds is 8. The Morgan fingerprint density at radius 2 is 1.53 bits per heavy atom. The summed E-state index contributed by atoms with van der Waals surface area (Å²) in [7, 11) is -5.83. The fourth-order valence-corrected chi connectivity index (χ4v) is 4.42. The van der Waals surface area contributed by atoms with Gasteiger partial charge in [0.05, 0.1) is 16.3 Å². The molecule has 0 aliphatic heterocycles. The van der Waals surface area contributed by atoms with Crippen LogP contribution < -0.4 is 14.3 Å². The average Bonchev–Trinajstić information content (AvgIpc) is 2.79. The second-order valence-corrected chi connectivity index (χ2v) is 10.5. The Kier molecular flexibility index (Phi) is 6.75. The van der Waals surface area contributed by atoms with E-state index in [-0.39, 0.29) is 16.6 Å². The highest BCUT2D eigenvalue weighted by Crippen LogP contribution is 2.20. The van der Waals surface area contributed by atoms with E-state index >= 15 is 0 Å². The summed E-state index contributed by atoms with van der Waals surface area (Å²) >= 11 is 0. The van der Waals surface area contributed by atoms with Crippen LogP contribution in [0.25, 0.3) is 0 Å². The summed E-state index contributed by atoms with van der Waals surface area (Å²) in [6, 6.07) is 13.2. The first-order chi connectivity index (χ1) is 15.1. The maximum absolute atomic E-state index is 12.5. The van der Waals surface area contributed by atoms with Crippen LogP contribution in [0.4, 0.5) is 17.3 Å². The fraction of sp³-hybridized carbons (Fsp3) is 0.150. The molecule has 10 nitrogen and oxygen atoms in total. The molecule has 0 spiro atoms. The van der Waals surface area contributed by atoms with Gasteiger partial charge in [-0.3, -0.25) is 9.10 Å². The summed E-state index contributed by atoms with van der Waals surface area (Å²) in [5.41, 5.74) is 1.14. The van der Waals surface area contributed by atoms with E-state index < -0.39 is 26.0 Å². The van der Waals surface area contributed by atoms with Crippen LogP contribution in [-0.4, -0.2) is 45.5 Å². The van der Waals surface area contributed by atoms with Crippen molar-refractivity contribution >= 4 is 43.3 Å². The van der Waals surface area contributed by atoms with Crippen molar-refractivity contribution in [3.63, 3.8) is 0 Å². The summed E-state index contributed by atoms with van der Waals surface area (Å²) < 4.78 is 52.1. The van der Waals surface area contributed by atoms with Crippen LogP contribution in [0.2, 0.25) is 0 Å². The number of aromatic nitrogens is 2. The van der Waals surface area contributed by atoms with Gasteiger partial charge in [0.2, 0.25) is 16.0 Å². The summed E-state index contributed by atoms with van der Waals surface area (Å²) in [6.45, 7) is 1.55. The Morgan fingerprint density at radius 1 is 0.938 bits per heavy atom. The lowest BCUT2D eigenvalue weighted by Gasteiger charge is -2.18. The molecule has 0 bridgehead atoms. The molecule has 32 heavy (non-hydrogen) atoms. The third kappa shape index (κ3) is 5.39. The molecule has 1 heterocycles. The maximum Gasteiger partial charge on any atom is 0.264 e. The van der Waals surface area contributed by atoms with Gasteiger partial charge in [-0.2, -0.15) is 0 Å². The lowest BCUT2D eigenvalue weighted by Crippen LogP contribution is -2.28. The van der Waals surface area contributed by atoms with Crippen LogP contribution in [0.15, 0.2) is 71.9 Å². The van der Waals surface area contributed by atoms with Gasteiger partial charge >= 0.3 is 0 Å². The number of hydrogen-bond donors (Lipinski definition) is 2. The highest BCUT2D eigenvalue weighted by Gasteiger charge is 2.17. The molecule has 0 aliphatic rings. The van der Waals surface area contributed by atoms with E-state index in [4.69, 9.17) is 0 Å². The lowest BCUT2D eigenvalue weighted by molar-refractivity contribution is 0.102. The summed E-state index contributed by atoms with van der Waals surface area (Å²) in [4.78, 5) is 20.1. The van der Waals surface area contributed by atoms with Gasteiger partial charge in [-0.1, -0.05) is 0 Å². The molecular formula is C20H21N5O5S2. The van der Waals surface area contributed by atoms with Crippen molar-refractivity contribution in [2.24, 2.45) is 0 Å². The van der Waals surface area contributed by atoms with Gasteiger partial charge in [-0.25, -0.2) is 31.5 Å². The minimum absolute atomic E-state index is 0.0209. The first-order valence-electron chi connectivity index (χ1n) is 9.40. The van der Waals surface area contributed by atoms with E-state index in [1.54, 1.807) is 13.0 Å². The topological polar surface area (TPSA) is 138 Å². The standard InChI is InChI=1S/C20H21N5O5S2/c1-3-31(27,28)25(2)17-9-5-15(6-10-17)19(26)23-16-7-11-18(12-8-16)32(29,30)24-20-21-13-4-14-22-20/h4-14H,3H2,1-2H3,(H,23,26)(H,21,22,24). The van der Waals surface area contributed by atoms with E-state index in [0.29, 0.717) is 16.9 Å². The van der Waals surface area contributed by atoms with Crippen LogP contribution in [0.3, 0.4) is 0 Å². The molecule has 2 aromatic carbocycles. The largest absolute Gasteiger partial charge is 0.322 e. The third-order valence-corrected chi connectivity index (χ3v) is 7.61. The zero-order valence-corrected chi connectivity index (χ0v) is 18.9. The van der Waals surface area contributed by atoms with E-state index in [2.05, 4.69) is 20.0 Å². The first-order valence-corrected chi connectivity index (χ1v) is 12.5. The van der Waals surface area contributed by atoms with Crippen molar-refractivity contribution < 1.29 is 21.6 Å². The second kappa shape index (κ2) is 9.32. The molecule has 0 unspecified atom stereocenters. The number of nitrogens with zero attached hydrogens (tertiary/aromatic N) is 3. The minimum atomic E-state index is -3.88. The normalized spacial score (nSPS) is 11.6. The van der Waals surface area contributed by atoms with E-state index in [0.717, 1.165) is 4.31 Å². The van der Waals surface area contributed by atoms with Crippen molar-refractivity contribution in [2.45, 2.75) is 11.8 Å². The van der Waals surface area contributed by atoms with Crippen molar-refractivity contribution in [1.82, 2.24) is 9.97 Å². The van der Waals surface area contributed by atoms with E-state index in [9.17, 15) is 21.6 Å². The van der Waals surface area contributed by atoms with Crippen LogP contribution in [0.5, 0.6) is 0 Å². The Hall–Kier alpha value is -3.51. The van der Waals surface area contributed by atoms with Crippen molar-refractivity contribution in [2.75, 3.05) is 27.1 Å². The minimum Gasteiger partial charge on any atom is -0.322 e. The molecule has 0 fully saturated rings. The second-order valence-electron chi connectivity index (χ2n) is 6.57.